The van der Waals surface area contributed by atoms with E-state index in [2.05, 4.69) is 5.32 Å². The topological polar surface area (TPSA) is 61.8 Å². The average Bonchev–Trinajstić information content (AvgIpc) is 2.42. The summed E-state index contributed by atoms with van der Waals surface area (Å²) >= 11 is 0. The van der Waals surface area contributed by atoms with Gasteiger partial charge in [0.25, 0.3) is 0 Å². The largest absolute Gasteiger partial charge is 0.478 e. The van der Waals surface area contributed by atoms with Gasteiger partial charge >= 0.3 is 5.97 Å². The van der Waals surface area contributed by atoms with Gasteiger partial charge in [-0.2, -0.15) is 0 Å². The number of carboxylic acids is 1. The summed E-state index contributed by atoms with van der Waals surface area (Å²) < 4.78 is 33.2. The standard InChI is InChI=1S/C13H16F2N2O3/c1-16-6-8-7-17(4-5-20-8)10-3-2-9(13(18)19)11(14)12(10)15/h2-3,8,16H,4-7H2,1H3,(H,18,19). The molecule has 1 aromatic carbocycles. The van der Waals surface area contributed by atoms with Crippen LogP contribution in [0, 0.1) is 11.6 Å². The first kappa shape index (κ1) is 14.7. The van der Waals surface area contributed by atoms with Crippen LogP contribution in [0.15, 0.2) is 12.1 Å². The Kier molecular flexibility index (Phi) is 4.51. The molecule has 1 aromatic rings. The number of nitrogens with zero attached hydrogens (tertiary/aromatic N) is 1. The lowest BCUT2D eigenvalue weighted by Crippen LogP contribution is -2.46. The summed E-state index contributed by atoms with van der Waals surface area (Å²) in [6, 6.07) is 2.38. The third-order valence-electron chi connectivity index (χ3n) is 3.20. The van der Waals surface area contributed by atoms with E-state index in [1.54, 1.807) is 11.9 Å². The molecule has 0 amide bonds. The number of benzene rings is 1. The van der Waals surface area contributed by atoms with Gasteiger partial charge in [-0.1, -0.05) is 0 Å². The molecule has 1 heterocycles. The van der Waals surface area contributed by atoms with Crippen LogP contribution in [-0.4, -0.2) is 50.5 Å². The quantitative estimate of drug-likeness (QED) is 0.867. The van der Waals surface area contributed by atoms with Gasteiger partial charge in [-0.25, -0.2) is 13.6 Å². The Bertz CT molecular complexity index is 509. The predicted octanol–water partition coefficient (Wildman–Crippen LogP) is 1.09. The summed E-state index contributed by atoms with van der Waals surface area (Å²) in [6.07, 6.45) is -0.115. The average molecular weight is 286 g/mol. The van der Waals surface area contributed by atoms with Crippen molar-refractivity contribution in [2.24, 2.45) is 0 Å². The number of ether oxygens (including phenoxy) is 1. The van der Waals surface area contributed by atoms with Crippen LogP contribution >= 0.6 is 0 Å². The predicted molar refractivity (Wildman–Crippen MR) is 69.2 cm³/mol. The highest BCUT2D eigenvalue weighted by Gasteiger charge is 2.25. The first-order valence-corrected chi connectivity index (χ1v) is 6.27. The SMILES string of the molecule is CNCC1CN(c2ccc(C(=O)O)c(F)c2F)CCO1. The number of halogens is 2. The zero-order valence-corrected chi connectivity index (χ0v) is 11.0. The van der Waals surface area contributed by atoms with Gasteiger partial charge in [0.1, 0.15) is 0 Å². The Labute approximate surface area is 115 Å². The lowest BCUT2D eigenvalue weighted by Gasteiger charge is -2.34. The summed E-state index contributed by atoms with van der Waals surface area (Å²) in [4.78, 5) is 12.4. The Hall–Kier alpha value is -1.73. The Morgan fingerprint density at radius 3 is 2.90 bits per heavy atom. The summed E-state index contributed by atoms with van der Waals surface area (Å²) in [5, 5.41) is 11.7. The van der Waals surface area contributed by atoms with Gasteiger partial charge in [0, 0.05) is 19.6 Å². The van der Waals surface area contributed by atoms with E-state index >= 15 is 0 Å². The summed E-state index contributed by atoms with van der Waals surface area (Å²) in [5.41, 5.74) is -0.594. The van der Waals surface area contributed by atoms with Crippen LogP contribution < -0.4 is 10.2 Å². The van der Waals surface area contributed by atoms with Gasteiger partial charge in [-0.3, -0.25) is 0 Å². The second-order valence-corrected chi connectivity index (χ2v) is 4.56. The van der Waals surface area contributed by atoms with Gasteiger partial charge < -0.3 is 20.1 Å². The van der Waals surface area contributed by atoms with E-state index in [9.17, 15) is 13.6 Å². The number of carbonyl (C=O) groups is 1. The van der Waals surface area contributed by atoms with E-state index in [1.807, 2.05) is 0 Å². The van der Waals surface area contributed by atoms with Crippen molar-refractivity contribution in [3.8, 4) is 0 Å². The highest BCUT2D eigenvalue weighted by molar-refractivity contribution is 5.88. The third-order valence-corrected chi connectivity index (χ3v) is 3.20. The van der Waals surface area contributed by atoms with Crippen molar-refractivity contribution in [2.75, 3.05) is 38.2 Å². The van der Waals surface area contributed by atoms with Crippen LogP contribution in [-0.2, 0) is 4.74 Å². The molecule has 1 fully saturated rings. The third kappa shape index (κ3) is 2.88. The molecule has 0 aromatic heterocycles. The maximum atomic E-state index is 14.0. The number of aromatic carboxylic acids is 1. The fourth-order valence-corrected chi connectivity index (χ4v) is 2.24. The lowest BCUT2D eigenvalue weighted by atomic mass is 10.1. The van der Waals surface area contributed by atoms with Crippen LogP contribution in [0.1, 0.15) is 10.4 Å². The molecule has 110 valence electrons. The van der Waals surface area contributed by atoms with E-state index < -0.39 is 23.2 Å². The molecule has 1 saturated heterocycles. The van der Waals surface area contributed by atoms with Crippen LogP contribution in [0.3, 0.4) is 0 Å². The van der Waals surface area contributed by atoms with Gasteiger partial charge in [0.2, 0.25) is 0 Å². The molecule has 1 atom stereocenters. The fourth-order valence-electron chi connectivity index (χ4n) is 2.24. The molecular formula is C13H16F2N2O3. The number of nitrogens with one attached hydrogen (secondary N) is 1. The second kappa shape index (κ2) is 6.15. The van der Waals surface area contributed by atoms with E-state index in [0.29, 0.717) is 26.2 Å². The first-order chi connectivity index (χ1) is 9.54. The minimum Gasteiger partial charge on any atom is -0.478 e. The van der Waals surface area contributed by atoms with Gasteiger partial charge in [0.15, 0.2) is 11.6 Å². The van der Waals surface area contributed by atoms with Crippen LogP contribution in [0.25, 0.3) is 0 Å². The number of hydrogen-bond acceptors (Lipinski definition) is 4. The molecule has 0 spiro atoms. The Morgan fingerprint density at radius 1 is 1.50 bits per heavy atom. The van der Waals surface area contributed by atoms with Gasteiger partial charge in [0.05, 0.1) is 24.0 Å². The molecule has 0 saturated carbocycles. The molecule has 5 nitrogen and oxygen atoms in total. The number of morpholine rings is 1. The van der Waals surface area contributed by atoms with Gasteiger partial charge in [-0.05, 0) is 19.2 Å². The number of anilines is 1. The molecule has 7 heteroatoms. The van der Waals surface area contributed by atoms with Gasteiger partial charge in [-0.15, -0.1) is 0 Å². The molecular weight excluding hydrogens is 270 g/mol. The molecule has 20 heavy (non-hydrogen) atoms. The number of hydrogen-bond donors (Lipinski definition) is 2. The van der Waals surface area contributed by atoms with E-state index in [0.717, 1.165) is 6.07 Å². The first-order valence-electron chi connectivity index (χ1n) is 6.27. The number of likely N-dealkylation sites (N-methyl/N-ethyl adjacent to an activating group) is 1. The molecule has 0 radical (unpaired) electrons. The van der Waals surface area contributed by atoms with Crippen molar-refractivity contribution in [3.05, 3.63) is 29.3 Å². The monoisotopic (exact) mass is 286 g/mol. The zero-order chi connectivity index (χ0) is 14.7. The minimum atomic E-state index is -1.48. The summed E-state index contributed by atoms with van der Waals surface area (Å²) in [6.45, 7) is 1.87. The molecule has 1 aliphatic heterocycles. The minimum absolute atomic E-state index is 0.0666. The number of carboxylic acid groups (broad SMARTS) is 1. The summed E-state index contributed by atoms with van der Waals surface area (Å²) in [7, 11) is 1.78. The van der Waals surface area contributed by atoms with Crippen LogP contribution in [0.4, 0.5) is 14.5 Å². The highest BCUT2D eigenvalue weighted by atomic mass is 19.2. The molecule has 1 unspecified atom stereocenters. The molecule has 2 rings (SSSR count). The molecule has 0 aliphatic carbocycles. The fraction of sp³-hybridized carbons (Fsp3) is 0.462. The molecule has 2 N–H and O–H groups in total. The van der Waals surface area contributed by atoms with E-state index in [-0.39, 0.29) is 11.8 Å². The number of rotatable bonds is 4. The maximum absolute atomic E-state index is 14.0. The van der Waals surface area contributed by atoms with E-state index in [4.69, 9.17) is 9.84 Å². The maximum Gasteiger partial charge on any atom is 0.338 e. The molecule has 0 bridgehead atoms. The highest BCUT2D eigenvalue weighted by Crippen LogP contribution is 2.25. The van der Waals surface area contributed by atoms with Crippen molar-refractivity contribution >= 4 is 11.7 Å². The van der Waals surface area contributed by atoms with Crippen LogP contribution in [0.2, 0.25) is 0 Å². The normalized spacial score (nSPS) is 19.1. The second-order valence-electron chi connectivity index (χ2n) is 4.56. The Morgan fingerprint density at radius 2 is 2.25 bits per heavy atom. The van der Waals surface area contributed by atoms with Crippen molar-refractivity contribution in [2.45, 2.75) is 6.10 Å². The van der Waals surface area contributed by atoms with Crippen LogP contribution in [0.5, 0.6) is 0 Å². The van der Waals surface area contributed by atoms with Crippen molar-refractivity contribution in [1.29, 1.82) is 0 Å². The van der Waals surface area contributed by atoms with Crippen molar-refractivity contribution in [1.82, 2.24) is 5.32 Å². The summed E-state index contributed by atoms with van der Waals surface area (Å²) in [5.74, 6) is -3.94. The van der Waals surface area contributed by atoms with Crippen molar-refractivity contribution < 1.29 is 23.4 Å². The molecule has 1 aliphatic rings. The van der Waals surface area contributed by atoms with Crippen molar-refractivity contribution in [3.63, 3.8) is 0 Å². The Balaban J connectivity index is 2.24. The zero-order valence-electron chi connectivity index (χ0n) is 11.0. The lowest BCUT2D eigenvalue weighted by molar-refractivity contribution is 0.0419. The smallest absolute Gasteiger partial charge is 0.338 e. The van der Waals surface area contributed by atoms with E-state index in [1.165, 1.54) is 6.07 Å².